The predicted molar refractivity (Wildman–Crippen MR) is 71.4 cm³/mol. The lowest BCUT2D eigenvalue weighted by Gasteiger charge is -2.21. The van der Waals surface area contributed by atoms with Gasteiger partial charge in [0.05, 0.1) is 11.5 Å². The quantitative estimate of drug-likeness (QED) is 0.830. The summed E-state index contributed by atoms with van der Waals surface area (Å²) >= 11 is 0. The van der Waals surface area contributed by atoms with Gasteiger partial charge in [0, 0.05) is 6.04 Å². The highest BCUT2D eigenvalue weighted by molar-refractivity contribution is 7.91. The summed E-state index contributed by atoms with van der Waals surface area (Å²) in [6.07, 6.45) is 0.670. The fourth-order valence-corrected chi connectivity index (χ4v) is 4.02. The second-order valence-corrected chi connectivity index (χ2v) is 7.11. The molecule has 0 saturated carbocycles. The first kappa shape index (κ1) is 12.7. The van der Waals surface area contributed by atoms with Crippen molar-refractivity contribution in [3.05, 3.63) is 23.8 Å². The zero-order chi connectivity index (χ0) is 13.3. The van der Waals surface area contributed by atoms with Gasteiger partial charge in [-0.3, -0.25) is 0 Å². The van der Waals surface area contributed by atoms with Gasteiger partial charge in [-0.25, -0.2) is 8.42 Å². The van der Waals surface area contributed by atoms with Gasteiger partial charge in [-0.2, -0.15) is 0 Å². The Balaban J connectivity index is 1.88. The number of hydrogen-bond donors (Lipinski definition) is 1. The first-order valence-electron chi connectivity index (χ1n) is 6.47. The molecular weight excluding hydrogens is 266 g/mol. The summed E-state index contributed by atoms with van der Waals surface area (Å²) in [5.74, 6) is 1.84. The molecule has 1 unspecified atom stereocenters. The molecule has 1 N–H and O–H groups in total. The van der Waals surface area contributed by atoms with Crippen molar-refractivity contribution in [2.24, 2.45) is 0 Å². The van der Waals surface area contributed by atoms with E-state index in [1.165, 1.54) is 0 Å². The number of ether oxygens (including phenoxy) is 2. The van der Waals surface area contributed by atoms with E-state index in [4.69, 9.17) is 9.47 Å². The molecule has 2 aliphatic heterocycles. The lowest BCUT2D eigenvalue weighted by atomic mass is 10.1. The van der Waals surface area contributed by atoms with Crippen LogP contribution in [-0.4, -0.2) is 39.7 Å². The maximum atomic E-state index is 11.8. The Kier molecular flexibility index (Phi) is 3.36. The molecule has 1 aromatic carbocycles. The first-order chi connectivity index (χ1) is 9.14. The smallest absolute Gasteiger partial charge is 0.161 e. The Hall–Kier alpha value is -1.27. The maximum Gasteiger partial charge on any atom is 0.161 e. The zero-order valence-electron chi connectivity index (χ0n) is 10.6. The lowest BCUT2D eigenvalue weighted by Crippen LogP contribution is -2.25. The molecule has 5 nitrogen and oxygen atoms in total. The van der Waals surface area contributed by atoms with Crippen LogP contribution in [0.25, 0.3) is 0 Å². The summed E-state index contributed by atoms with van der Waals surface area (Å²) in [4.78, 5) is 0. The molecule has 0 amide bonds. The van der Waals surface area contributed by atoms with Crippen LogP contribution in [0.5, 0.6) is 11.5 Å². The van der Waals surface area contributed by atoms with Crippen molar-refractivity contribution < 1.29 is 17.9 Å². The topological polar surface area (TPSA) is 64.6 Å². The van der Waals surface area contributed by atoms with Crippen LogP contribution in [0, 0.1) is 0 Å². The van der Waals surface area contributed by atoms with Crippen LogP contribution in [0.3, 0.4) is 0 Å². The van der Waals surface area contributed by atoms with Crippen molar-refractivity contribution in [1.29, 1.82) is 0 Å². The third kappa shape index (κ3) is 2.84. The Bertz CT molecular complexity index is 570. The summed E-state index contributed by atoms with van der Waals surface area (Å²) < 4.78 is 34.7. The maximum absolute atomic E-state index is 11.8. The molecule has 0 radical (unpaired) electrons. The fraction of sp³-hybridized carbons (Fsp3) is 0.538. The Morgan fingerprint density at radius 3 is 2.79 bits per heavy atom. The molecule has 104 valence electrons. The summed E-state index contributed by atoms with van der Waals surface area (Å²) in [6, 6.07) is 5.48. The molecule has 2 heterocycles. The molecule has 2 aliphatic rings. The van der Waals surface area contributed by atoms with Gasteiger partial charge in [-0.1, -0.05) is 6.07 Å². The van der Waals surface area contributed by atoms with Gasteiger partial charge in [-0.05, 0) is 30.7 Å². The highest BCUT2D eigenvalue weighted by Crippen LogP contribution is 2.33. The van der Waals surface area contributed by atoms with Crippen molar-refractivity contribution in [2.45, 2.75) is 12.5 Å². The van der Waals surface area contributed by atoms with Gasteiger partial charge >= 0.3 is 0 Å². The molecule has 0 aliphatic carbocycles. The average Bonchev–Trinajstić information content (AvgIpc) is 2.59. The molecule has 0 spiro atoms. The van der Waals surface area contributed by atoms with Gasteiger partial charge in [0.2, 0.25) is 0 Å². The highest BCUT2D eigenvalue weighted by atomic mass is 32.2. The van der Waals surface area contributed by atoms with Crippen molar-refractivity contribution in [2.75, 3.05) is 31.3 Å². The van der Waals surface area contributed by atoms with Crippen LogP contribution < -0.4 is 14.8 Å². The molecule has 1 atom stereocenters. The van der Waals surface area contributed by atoms with E-state index >= 15 is 0 Å². The minimum Gasteiger partial charge on any atom is -0.486 e. The molecule has 3 rings (SSSR count). The van der Waals surface area contributed by atoms with Crippen LogP contribution in [0.2, 0.25) is 0 Å². The third-order valence-corrected chi connectivity index (χ3v) is 5.16. The van der Waals surface area contributed by atoms with Crippen LogP contribution in [0.1, 0.15) is 18.0 Å². The second kappa shape index (κ2) is 5.02. The summed E-state index contributed by atoms with van der Waals surface area (Å²) in [5.41, 5.74) is 0.940. The molecular formula is C13H17NO4S. The molecule has 6 heteroatoms. The minimum atomic E-state index is -2.97. The van der Waals surface area contributed by atoms with Crippen molar-refractivity contribution >= 4 is 9.84 Å². The Morgan fingerprint density at radius 2 is 1.95 bits per heavy atom. The molecule has 0 aromatic heterocycles. The number of hydrogen-bond acceptors (Lipinski definition) is 5. The van der Waals surface area contributed by atoms with E-state index in [1.54, 1.807) is 0 Å². The summed E-state index contributed by atoms with van der Waals surface area (Å²) in [7, 11) is -2.97. The largest absolute Gasteiger partial charge is 0.486 e. The summed E-state index contributed by atoms with van der Waals surface area (Å²) in [6.45, 7) is 1.81. The van der Waals surface area contributed by atoms with Crippen LogP contribution in [0.15, 0.2) is 18.2 Å². The normalized spacial score (nSPS) is 25.6. The average molecular weight is 283 g/mol. The monoisotopic (exact) mass is 283 g/mol. The molecule has 1 saturated heterocycles. The lowest BCUT2D eigenvalue weighted by molar-refractivity contribution is 0.171. The number of benzene rings is 1. The third-order valence-electron chi connectivity index (χ3n) is 3.41. The van der Waals surface area contributed by atoms with Gasteiger partial charge in [0.25, 0.3) is 0 Å². The van der Waals surface area contributed by atoms with Crippen LogP contribution >= 0.6 is 0 Å². The van der Waals surface area contributed by atoms with Gasteiger partial charge in [0.1, 0.15) is 13.2 Å². The van der Waals surface area contributed by atoms with E-state index in [9.17, 15) is 8.42 Å². The fourth-order valence-electron chi connectivity index (χ4n) is 2.46. The summed E-state index contributed by atoms with van der Waals surface area (Å²) in [5, 5.41) is 3.28. The predicted octanol–water partition coefficient (Wildman–Crippen LogP) is 0.907. The van der Waals surface area contributed by atoms with E-state index in [0.29, 0.717) is 25.4 Å². The van der Waals surface area contributed by atoms with E-state index < -0.39 is 9.84 Å². The molecule has 19 heavy (non-hydrogen) atoms. The van der Waals surface area contributed by atoms with Crippen molar-refractivity contribution in [3.8, 4) is 11.5 Å². The van der Waals surface area contributed by atoms with Crippen molar-refractivity contribution in [1.82, 2.24) is 5.32 Å². The van der Waals surface area contributed by atoms with E-state index in [1.807, 2.05) is 18.2 Å². The second-order valence-electron chi connectivity index (χ2n) is 4.88. The van der Waals surface area contributed by atoms with Crippen LogP contribution in [0.4, 0.5) is 0 Å². The Labute approximate surface area is 112 Å². The number of sulfone groups is 1. The Morgan fingerprint density at radius 1 is 1.16 bits per heavy atom. The van der Waals surface area contributed by atoms with Crippen LogP contribution in [-0.2, 0) is 9.84 Å². The number of nitrogens with one attached hydrogen (secondary N) is 1. The molecule has 0 bridgehead atoms. The van der Waals surface area contributed by atoms with Gasteiger partial charge in [0.15, 0.2) is 21.3 Å². The first-order valence-corrected chi connectivity index (χ1v) is 8.29. The minimum absolute atomic E-state index is 0.145. The number of rotatable bonds is 1. The molecule has 1 fully saturated rings. The standard InChI is InChI=1S/C13H17NO4S/c15-19(16)7-1-4-14-11(9-19)10-2-3-12-13(8-10)18-6-5-17-12/h2-3,8,11,14H,1,4-7,9H2. The SMILES string of the molecule is O=S1(=O)CCCNC(c2ccc3c(c2)OCCO3)C1. The van der Waals surface area contributed by atoms with Gasteiger partial charge < -0.3 is 14.8 Å². The van der Waals surface area contributed by atoms with E-state index in [-0.39, 0.29) is 17.5 Å². The zero-order valence-corrected chi connectivity index (χ0v) is 11.4. The van der Waals surface area contributed by atoms with Crippen molar-refractivity contribution in [3.63, 3.8) is 0 Å². The van der Waals surface area contributed by atoms with E-state index in [0.717, 1.165) is 17.9 Å². The molecule has 1 aromatic rings. The highest BCUT2D eigenvalue weighted by Gasteiger charge is 2.24. The number of fused-ring (bicyclic) bond motifs is 1. The van der Waals surface area contributed by atoms with E-state index in [2.05, 4.69) is 5.32 Å². The van der Waals surface area contributed by atoms with Gasteiger partial charge in [-0.15, -0.1) is 0 Å².